The number of hydrogen-bond donors (Lipinski definition) is 0. The third-order valence-electron chi connectivity index (χ3n) is 5.22. The lowest BCUT2D eigenvalue weighted by Gasteiger charge is -2.18. The molecule has 2 aromatic rings. The molecule has 2 aromatic carbocycles. The summed E-state index contributed by atoms with van der Waals surface area (Å²) >= 11 is 0. The van der Waals surface area contributed by atoms with E-state index in [1.54, 1.807) is 0 Å². The summed E-state index contributed by atoms with van der Waals surface area (Å²) in [6.07, 6.45) is 5.77. The molecule has 1 heteroatoms. The molecule has 1 aliphatic rings. The van der Waals surface area contributed by atoms with Crippen molar-refractivity contribution in [3.8, 4) is 5.75 Å². The summed E-state index contributed by atoms with van der Waals surface area (Å²) < 4.78 is 5.54. The van der Waals surface area contributed by atoms with E-state index in [0.29, 0.717) is 6.61 Å². The fourth-order valence-electron chi connectivity index (χ4n) is 3.82. The highest BCUT2D eigenvalue weighted by Gasteiger charge is 2.17. The van der Waals surface area contributed by atoms with Gasteiger partial charge in [0.2, 0.25) is 0 Å². The Morgan fingerprint density at radius 2 is 1.69 bits per heavy atom. The first-order chi connectivity index (χ1) is 12.5. The lowest BCUT2D eigenvalue weighted by molar-refractivity contribution is 0.340. The van der Waals surface area contributed by atoms with E-state index in [0.717, 1.165) is 28.0 Å². The Kier molecular flexibility index (Phi) is 5.46. The topological polar surface area (TPSA) is 9.23 Å². The van der Waals surface area contributed by atoms with Gasteiger partial charge >= 0.3 is 0 Å². The SMILES string of the molecule is C=C(/C(=C/C)C(=C)c1cc2c(cc1C)CCC2)c1ccc(OCC)cc1. The molecule has 0 radical (unpaired) electrons. The van der Waals surface area contributed by atoms with Gasteiger partial charge in [-0.25, -0.2) is 0 Å². The molecule has 0 amide bonds. The third-order valence-corrected chi connectivity index (χ3v) is 5.22. The largest absolute Gasteiger partial charge is 0.494 e. The summed E-state index contributed by atoms with van der Waals surface area (Å²) in [7, 11) is 0. The number of aryl methyl sites for hydroxylation is 3. The predicted molar refractivity (Wildman–Crippen MR) is 113 cm³/mol. The Balaban J connectivity index is 1.89. The van der Waals surface area contributed by atoms with Gasteiger partial charge in [-0.3, -0.25) is 0 Å². The van der Waals surface area contributed by atoms with E-state index >= 15 is 0 Å². The fraction of sp³-hybridized carbons (Fsp3) is 0.280. The average molecular weight is 344 g/mol. The Labute approximate surface area is 157 Å². The van der Waals surface area contributed by atoms with Crippen LogP contribution in [0.2, 0.25) is 0 Å². The van der Waals surface area contributed by atoms with Crippen molar-refractivity contribution in [3.63, 3.8) is 0 Å². The maximum atomic E-state index is 5.54. The van der Waals surface area contributed by atoms with E-state index in [-0.39, 0.29) is 0 Å². The molecule has 0 N–H and O–H groups in total. The molecule has 0 unspecified atom stereocenters. The van der Waals surface area contributed by atoms with Gasteiger partial charge < -0.3 is 4.74 Å². The van der Waals surface area contributed by atoms with E-state index in [2.05, 4.69) is 57.3 Å². The molecular formula is C25H28O. The molecule has 0 bridgehead atoms. The number of ether oxygens (including phenoxy) is 1. The zero-order valence-corrected chi connectivity index (χ0v) is 16.2. The molecule has 134 valence electrons. The second kappa shape index (κ2) is 7.78. The van der Waals surface area contributed by atoms with Crippen molar-refractivity contribution in [2.75, 3.05) is 6.61 Å². The Hall–Kier alpha value is -2.54. The standard InChI is InChI=1S/C25H28O/c1-6-24(18(4)20-11-13-23(14-12-20)26-7-2)19(5)25-16-22-10-8-9-21(22)15-17(25)3/h6,11-16H,4-5,7-10H2,1-3H3/b24-6-. The normalized spacial score (nSPS) is 13.4. The van der Waals surface area contributed by atoms with E-state index in [1.807, 2.05) is 19.1 Å². The van der Waals surface area contributed by atoms with Crippen LogP contribution >= 0.6 is 0 Å². The van der Waals surface area contributed by atoms with Crippen LogP contribution in [0.25, 0.3) is 11.1 Å². The summed E-state index contributed by atoms with van der Waals surface area (Å²) in [5, 5.41) is 0. The molecule has 0 aromatic heterocycles. The van der Waals surface area contributed by atoms with Crippen LogP contribution in [0.1, 0.15) is 48.1 Å². The molecule has 0 atom stereocenters. The zero-order chi connectivity index (χ0) is 18.7. The van der Waals surface area contributed by atoms with Crippen molar-refractivity contribution >= 4 is 11.1 Å². The molecule has 0 fully saturated rings. The van der Waals surface area contributed by atoms with Gasteiger partial charge in [-0.05, 0) is 96.7 Å². The second-order valence-corrected chi connectivity index (χ2v) is 6.91. The molecule has 1 aliphatic carbocycles. The number of rotatable bonds is 6. The van der Waals surface area contributed by atoms with Crippen molar-refractivity contribution in [1.82, 2.24) is 0 Å². The van der Waals surface area contributed by atoms with Crippen LogP contribution in [0, 0.1) is 6.92 Å². The van der Waals surface area contributed by atoms with E-state index < -0.39 is 0 Å². The molecular weight excluding hydrogens is 316 g/mol. The third kappa shape index (κ3) is 3.53. The maximum absolute atomic E-state index is 5.54. The zero-order valence-electron chi connectivity index (χ0n) is 16.2. The molecule has 3 rings (SSSR count). The maximum Gasteiger partial charge on any atom is 0.119 e. The van der Waals surface area contributed by atoms with Crippen molar-refractivity contribution in [2.45, 2.75) is 40.0 Å². The highest BCUT2D eigenvalue weighted by molar-refractivity contribution is 5.97. The van der Waals surface area contributed by atoms with E-state index in [1.165, 1.54) is 41.5 Å². The van der Waals surface area contributed by atoms with Crippen molar-refractivity contribution in [3.05, 3.63) is 89.0 Å². The Morgan fingerprint density at radius 3 is 2.31 bits per heavy atom. The Bertz CT molecular complexity index is 866. The van der Waals surface area contributed by atoms with E-state index in [9.17, 15) is 0 Å². The number of hydrogen-bond acceptors (Lipinski definition) is 1. The number of allylic oxidation sites excluding steroid dienone is 4. The summed E-state index contributed by atoms with van der Waals surface area (Å²) in [4.78, 5) is 0. The Morgan fingerprint density at radius 1 is 1.04 bits per heavy atom. The van der Waals surface area contributed by atoms with Crippen LogP contribution in [0.5, 0.6) is 5.75 Å². The van der Waals surface area contributed by atoms with Crippen molar-refractivity contribution < 1.29 is 4.74 Å². The van der Waals surface area contributed by atoms with Gasteiger partial charge in [0.15, 0.2) is 0 Å². The quantitative estimate of drug-likeness (QED) is 0.539. The smallest absolute Gasteiger partial charge is 0.119 e. The van der Waals surface area contributed by atoms with Gasteiger partial charge in [0.25, 0.3) is 0 Å². The summed E-state index contributed by atoms with van der Waals surface area (Å²) in [5.74, 6) is 0.888. The molecule has 0 saturated carbocycles. The van der Waals surface area contributed by atoms with Crippen molar-refractivity contribution in [2.24, 2.45) is 0 Å². The van der Waals surface area contributed by atoms with Gasteiger partial charge in [-0.2, -0.15) is 0 Å². The molecule has 0 heterocycles. The van der Waals surface area contributed by atoms with Crippen LogP contribution in [-0.4, -0.2) is 6.61 Å². The van der Waals surface area contributed by atoms with Gasteiger partial charge in [0.05, 0.1) is 6.61 Å². The molecule has 0 spiro atoms. The van der Waals surface area contributed by atoms with E-state index in [4.69, 9.17) is 4.74 Å². The number of benzene rings is 2. The molecule has 1 nitrogen and oxygen atoms in total. The minimum absolute atomic E-state index is 0.675. The lowest BCUT2D eigenvalue weighted by atomic mass is 9.87. The predicted octanol–water partition coefficient (Wildman–Crippen LogP) is 6.56. The summed E-state index contributed by atoms with van der Waals surface area (Å²) in [5.41, 5.74) is 9.79. The minimum Gasteiger partial charge on any atom is -0.494 e. The van der Waals surface area contributed by atoms with Gasteiger partial charge in [-0.1, -0.05) is 43.5 Å². The summed E-state index contributed by atoms with van der Waals surface area (Å²) in [6, 6.07) is 12.8. The molecule has 0 aliphatic heterocycles. The first-order valence-electron chi connectivity index (χ1n) is 9.46. The second-order valence-electron chi connectivity index (χ2n) is 6.91. The number of fused-ring (bicyclic) bond motifs is 1. The monoisotopic (exact) mass is 344 g/mol. The molecule has 0 saturated heterocycles. The lowest BCUT2D eigenvalue weighted by Crippen LogP contribution is -1.98. The van der Waals surface area contributed by atoms with Crippen LogP contribution < -0.4 is 4.74 Å². The van der Waals surface area contributed by atoms with Gasteiger partial charge in [0, 0.05) is 0 Å². The van der Waals surface area contributed by atoms with Crippen LogP contribution in [0.4, 0.5) is 0 Å². The average Bonchev–Trinajstić information content (AvgIpc) is 3.09. The van der Waals surface area contributed by atoms with Crippen LogP contribution in [0.3, 0.4) is 0 Å². The first kappa shape index (κ1) is 18.3. The highest BCUT2D eigenvalue weighted by atomic mass is 16.5. The fourth-order valence-corrected chi connectivity index (χ4v) is 3.82. The molecule has 26 heavy (non-hydrogen) atoms. The van der Waals surface area contributed by atoms with Crippen molar-refractivity contribution in [1.29, 1.82) is 0 Å². The van der Waals surface area contributed by atoms with Gasteiger partial charge in [0.1, 0.15) is 5.75 Å². The van der Waals surface area contributed by atoms with Crippen LogP contribution in [0.15, 0.2) is 61.2 Å². The first-order valence-corrected chi connectivity index (χ1v) is 9.46. The summed E-state index contributed by atoms with van der Waals surface area (Å²) in [6.45, 7) is 15.7. The minimum atomic E-state index is 0.675. The highest BCUT2D eigenvalue weighted by Crippen LogP contribution is 2.36. The van der Waals surface area contributed by atoms with Gasteiger partial charge in [-0.15, -0.1) is 0 Å². The van der Waals surface area contributed by atoms with Crippen LogP contribution in [-0.2, 0) is 12.8 Å².